The van der Waals surface area contributed by atoms with Crippen molar-refractivity contribution in [1.29, 1.82) is 0 Å². The molecule has 0 radical (unpaired) electrons. The van der Waals surface area contributed by atoms with Gasteiger partial charge in [-0.25, -0.2) is 0 Å². The topological polar surface area (TPSA) is 34.4 Å². The van der Waals surface area contributed by atoms with Crippen LogP contribution in [0.2, 0.25) is 5.02 Å². The Morgan fingerprint density at radius 1 is 1.27 bits per heavy atom. The Balaban J connectivity index is 2.55. The molecule has 0 bridgehead atoms. The molecule has 0 atom stereocenters. The van der Waals surface area contributed by atoms with E-state index in [-0.39, 0.29) is 11.3 Å². The third kappa shape index (κ3) is 3.18. The zero-order valence-corrected chi connectivity index (χ0v) is 15.4. The highest BCUT2D eigenvalue weighted by atomic mass is 35.5. The summed E-state index contributed by atoms with van der Waals surface area (Å²) in [6.07, 6.45) is 0. The van der Waals surface area contributed by atoms with Gasteiger partial charge in [0, 0.05) is 28.2 Å². The minimum Gasteiger partial charge on any atom is -0.324 e. The van der Waals surface area contributed by atoms with Crippen LogP contribution in [0.25, 0.3) is 0 Å². The monoisotopic (exact) mass is 336 g/mol. The molecule has 3 nitrogen and oxygen atoms in total. The van der Waals surface area contributed by atoms with Crippen LogP contribution in [0, 0.1) is 13.8 Å². The fraction of sp³-hybridized carbons (Fsp3) is 0.412. The van der Waals surface area contributed by atoms with Gasteiger partial charge in [0.15, 0.2) is 4.80 Å². The number of thiazole rings is 1. The molecule has 0 N–H and O–H groups in total. The molecule has 0 saturated carbocycles. The number of rotatable bonds is 1. The molecule has 0 fully saturated rings. The van der Waals surface area contributed by atoms with E-state index in [4.69, 9.17) is 11.6 Å². The maximum Gasteiger partial charge on any atom is 0.279 e. The van der Waals surface area contributed by atoms with Gasteiger partial charge in [0.2, 0.25) is 0 Å². The van der Waals surface area contributed by atoms with Crippen molar-refractivity contribution in [3.63, 3.8) is 0 Å². The summed E-state index contributed by atoms with van der Waals surface area (Å²) < 4.78 is 1.98. The van der Waals surface area contributed by atoms with Crippen molar-refractivity contribution < 1.29 is 4.79 Å². The first kappa shape index (κ1) is 17.0. The fourth-order valence-electron chi connectivity index (χ4n) is 2.31. The highest BCUT2D eigenvalue weighted by Crippen LogP contribution is 2.27. The third-order valence-electron chi connectivity index (χ3n) is 3.69. The van der Waals surface area contributed by atoms with Crippen molar-refractivity contribution in [3.05, 3.63) is 49.7 Å². The van der Waals surface area contributed by atoms with E-state index >= 15 is 0 Å². The van der Waals surface area contributed by atoms with Crippen LogP contribution in [-0.4, -0.2) is 10.5 Å². The van der Waals surface area contributed by atoms with E-state index in [1.807, 2.05) is 18.5 Å². The molecular weight excluding hydrogens is 316 g/mol. The second-order valence-electron chi connectivity index (χ2n) is 6.44. The molecule has 0 saturated heterocycles. The molecular formula is C17H21ClN2OS. The Morgan fingerprint density at radius 2 is 1.91 bits per heavy atom. The van der Waals surface area contributed by atoms with E-state index in [1.165, 1.54) is 4.88 Å². The Morgan fingerprint density at radius 3 is 2.45 bits per heavy atom. The molecule has 0 aliphatic rings. The highest BCUT2D eigenvalue weighted by Gasteiger charge is 2.21. The summed E-state index contributed by atoms with van der Waals surface area (Å²) >= 11 is 7.65. The summed E-state index contributed by atoms with van der Waals surface area (Å²) in [6, 6.07) is 5.32. The van der Waals surface area contributed by atoms with Gasteiger partial charge >= 0.3 is 0 Å². The summed E-state index contributed by atoms with van der Waals surface area (Å²) in [6.45, 7) is 10.4. The number of hydrogen-bond donors (Lipinski definition) is 0. The quantitative estimate of drug-likeness (QED) is 0.760. The van der Waals surface area contributed by atoms with E-state index in [0.717, 1.165) is 11.3 Å². The molecule has 5 heteroatoms. The van der Waals surface area contributed by atoms with Gasteiger partial charge in [-0.2, -0.15) is 4.99 Å². The summed E-state index contributed by atoms with van der Waals surface area (Å²) in [5, 5.41) is 0.586. The fourth-order valence-corrected chi connectivity index (χ4v) is 3.66. The summed E-state index contributed by atoms with van der Waals surface area (Å²) in [7, 11) is 1.94. The first-order valence-corrected chi connectivity index (χ1v) is 8.33. The van der Waals surface area contributed by atoms with Crippen LogP contribution in [0.5, 0.6) is 0 Å². The number of carbonyl (C=O) groups excluding carboxylic acids is 1. The molecule has 0 unspecified atom stereocenters. The van der Waals surface area contributed by atoms with Gasteiger partial charge in [-0.05, 0) is 37.0 Å². The average Bonchev–Trinajstić information content (AvgIpc) is 2.70. The Labute approximate surface area is 140 Å². The zero-order valence-electron chi connectivity index (χ0n) is 13.8. The van der Waals surface area contributed by atoms with Crippen LogP contribution >= 0.6 is 22.9 Å². The van der Waals surface area contributed by atoms with Crippen molar-refractivity contribution >= 4 is 28.8 Å². The van der Waals surface area contributed by atoms with Crippen molar-refractivity contribution in [3.8, 4) is 0 Å². The first-order valence-electron chi connectivity index (χ1n) is 7.14. The predicted molar refractivity (Wildman–Crippen MR) is 92.8 cm³/mol. The lowest BCUT2D eigenvalue weighted by molar-refractivity contribution is 0.0997. The molecule has 1 heterocycles. The average molecular weight is 337 g/mol. The predicted octanol–water partition coefficient (Wildman–Crippen LogP) is 4.40. The molecule has 1 amide bonds. The van der Waals surface area contributed by atoms with E-state index in [1.54, 1.807) is 29.5 Å². The van der Waals surface area contributed by atoms with Crippen LogP contribution in [0.3, 0.4) is 0 Å². The molecule has 2 aromatic rings. The van der Waals surface area contributed by atoms with Gasteiger partial charge in [-0.3, -0.25) is 4.79 Å². The minimum absolute atomic E-state index is 0.0370. The first-order chi connectivity index (χ1) is 10.1. The molecule has 0 spiro atoms. The summed E-state index contributed by atoms with van der Waals surface area (Å²) in [5.41, 5.74) is 2.50. The van der Waals surface area contributed by atoms with E-state index < -0.39 is 0 Å². The summed E-state index contributed by atoms with van der Waals surface area (Å²) in [4.78, 5) is 18.7. The maximum atomic E-state index is 12.5. The van der Waals surface area contributed by atoms with Gasteiger partial charge < -0.3 is 4.57 Å². The summed E-state index contributed by atoms with van der Waals surface area (Å²) in [5.74, 6) is -0.252. The Kier molecular flexibility index (Phi) is 4.64. The number of carbonyl (C=O) groups is 1. The second-order valence-corrected chi connectivity index (χ2v) is 7.82. The highest BCUT2D eigenvalue weighted by molar-refractivity contribution is 7.09. The van der Waals surface area contributed by atoms with E-state index in [9.17, 15) is 4.79 Å². The Hall–Kier alpha value is -1.39. The maximum absolute atomic E-state index is 12.5. The van der Waals surface area contributed by atoms with Crippen molar-refractivity contribution in [2.45, 2.75) is 40.0 Å². The van der Waals surface area contributed by atoms with Crippen LogP contribution in [0.1, 0.15) is 47.3 Å². The van der Waals surface area contributed by atoms with Crippen LogP contribution in [0.15, 0.2) is 23.2 Å². The van der Waals surface area contributed by atoms with E-state index in [0.29, 0.717) is 15.4 Å². The van der Waals surface area contributed by atoms with Gasteiger partial charge in [-0.1, -0.05) is 38.4 Å². The van der Waals surface area contributed by atoms with Gasteiger partial charge in [0.25, 0.3) is 5.91 Å². The smallest absolute Gasteiger partial charge is 0.279 e. The SMILES string of the molecule is Cc1c(Cl)cccc1C(=O)/N=c1\sc(C(C)(C)C)c(C)n1C. The van der Waals surface area contributed by atoms with Gasteiger partial charge in [-0.15, -0.1) is 11.3 Å². The van der Waals surface area contributed by atoms with Crippen molar-refractivity contribution in [1.82, 2.24) is 4.57 Å². The van der Waals surface area contributed by atoms with Gasteiger partial charge in [0.1, 0.15) is 0 Å². The van der Waals surface area contributed by atoms with Gasteiger partial charge in [0.05, 0.1) is 0 Å². The number of halogens is 1. The largest absolute Gasteiger partial charge is 0.324 e. The van der Waals surface area contributed by atoms with Crippen molar-refractivity contribution in [2.75, 3.05) is 0 Å². The molecule has 0 aliphatic heterocycles. The number of hydrogen-bond acceptors (Lipinski definition) is 2. The molecule has 22 heavy (non-hydrogen) atoms. The molecule has 1 aromatic carbocycles. The number of aromatic nitrogens is 1. The minimum atomic E-state index is -0.252. The Bertz CT molecular complexity index is 794. The molecule has 118 valence electrons. The second kappa shape index (κ2) is 6.01. The number of benzene rings is 1. The standard InChI is InChI=1S/C17H21ClN2OS/c1-10-12(8-7-9-13(10)18)15(21)19-16-20(6)11(2)14(22-16)17(3,4)5/h7-9H,1-6H3/b19-16-. The van der Waals surface area contributed by atoms with Crippen LogP contribution in [-0.2, 0) is 12.5 Å². The third-order valence-corrected chi connectivity index (χ3v) is 5.76. The number of nitrogens with zero attached hydrogens (tertiary/aromatic N) is 2. The lowest BCUT2D eigenvalue weighted by atomic mass is 9.93. The molecule has 0 aliphatic carbocycles. The number of amides is 1. The van der Waals surface area contributed by atoms with Crippen LogP contribution in [0.4, 0.5) is 0 Å². The van der Waals surface area contributed by atoms with E-state index in [2.05, 4.69) is 32.7 Å². The van der Waals surface area contributed by atoms with Crippen molar-refractivity contribution in [2.24, 2.45) is 12.0 Å². The lowest BCUT2D eigenvalue weighted by Crippen LogP contribution is -2.15. The van der Waals surface area contributed by atoms with Crippen LogP contribution < -0.4 is 4.80 Å². The molecule has 2 rings (SSSR count). The lowest BCUT2D eigenvalue weighted by Gasteiger charge is -2.17. The molecule has 1 aromatic heterocycles. The zero-order chi connectivity index (χ0) is 16.7. The normalized spacial score (nSPS) is 12.8.